The van der Waals surface area contributed by atoms with E-state index in [4.69, 9.17) is 38.6 Å². The van der Waals surface area contributed by atoms with E-state index in [1.54, 1.807) is 14.2 Å². The van der Waals surface area contributed by atoms with Gasteiger partial charge in [-0.1, -0.05) is 43.5 Å². The van der Waals surface area contributed by atoms with E-state index < -0.39 is 5.97 Å². The molecule has 1 aliphatic carbocycles. The van der Waals surface area contributed by atoms with E-state index in [2.05, 4.69) is 47.9 Å². The standard InChI is InChI=1S/C43H46N6O4.C2H4O2/c1-27-33(11-7-12-34(27)43-48-38-20-28(19-29(23-44)42(38)53-43)24-45-30-9-5-4-6-10-30)35-13-8-14-39-36(35)26-47-49(39)32-21-40(50-2)37(41(22-32)51-3)25-46-31-15-17-52-18-16-31;1-2(3)4/h7-8,11-14,19-22,26,30-31,45-46H,4-6,9-10,15-18,24-25H2,1-3H3;1H3,(H,3,4). The van der Waals surface area contributed by atoms with Crippen LogP contribution in [0.3, 0.4) is 0 Å². The maximum Gasteiger partial charge on any atom is 0.300 e. The molecule has 2 fully saturated rings. The number of carboxylic acids is 1. The molecule has 0 atom stereocenters. The van der Waals surface area contributed by atoms with Gasteiger partial charge >= 0.3 is 0 Å². The van der Waals surface area contributed by atoms with Crippen LogP contribution in [0.5, 0.6) is 11.5 Å². The monoisotopic (exact) mass is 770 g/mol. The summed E-state index contributed by atoms with van der Waals surface area (Å²) in [5.41, 5.74) is 9.57. The summed E-state index contributed by atoms with van der Waals surface area (Å²) in [6.07, 6.45) is 10.2. The molecule has 6 aromatic rings. The molecule has 1 saturated carbocycles. The number of aliphatic carboxylic acids is 1. The zero-order chi connectivity index (χ0) is 39.9. The first kappa shape index (κ1) is 39.5. The third-order valence-electron chi connectivity index (χ3n) is 11.0. The number of benzene rings is 4. The summed E-state index contributed by atoms with van der Waals surface area (Å²) in [6.45, 7) is 6.08. The summed E-state index contributed by atoms with van der Waals surface area (Å²) in [5.74, 6) is 1.15. The molecule has 0 amide bonds. The lowest BCUT2D eigenvalue weighted by Gasteiger charge is -2.24. The lowest BCUT2D eigenvalue weighted by molar-refractivity contribution is -0.134. The third-order valence-corrected chi connectivity index (χ3v) is 11.0. The van der Waals surface area contributed by atoms with E-state index in [-0.39, 0.29) is 0 Å². The van der Waals surface area contributed by atoms with Gasteiger partial charge in [-0.15, -0.1) is 0 Å². The van der Waals surface area contributed by atoms with E-state index in [0.29, 0.717) is 47.7 Å². The van der Waals surface area contributed by atoms with Crippen LogP contribution in [0, 0.1) is 18.3 Å². The average Bonchev–Trinajstić information content (AvgIpc) is 3.87. The molecule has 12 heteroatoms. The van der Waals surface area contributed by atoms with Crippen LogP contribution in [0.4, 0.5) is 0 Å². The van der Waals surface area contributed by atoms with Gasteiger partial charge in [-0.2, -0.15) is 10.4 Å². The van der Waals surface area contributed by atoms with Gasteiger partial charge in [0, 0.05) is 68.4 Å². The summed E-state index contributed by atoms with van der Waals surface area (Å²) in [7, 11) is 3.38. The highest BCUT2D eigenvalue weighted by Crippen LogP contribution is 2.39. The first-order valence-corrected chi connectivity index (χ1v) is 19.7. The van der Waals surface area contributed by atoms with Gasteiger partial charge in [0.15, 0.2) is 5.58 Å². The molecule has 3 heterocycles. The van der Waals surface area contributed by atoms with Crippen LogP contribution in [0.1, 0.15) is 74.1 Å². The van der Waals surface area contributed by atoms with E-state index in [0.717, 1.165) is 94.4 Å². The van der Waals surface area contributed by atoms with Crippen molar-refractivity contribution in [3.63, 3.8) is 0 Å². The Kier molecular flexibility index (Phi) is 12.5. The molecule has 57 heavy (non-hydrogen) atoms. The highest BCUT2D eigenvalue weighted by molar-refractivity contribution is 5.97. The van der Waals surface area contributed by atoms with Gasteiger partial charge in [0.25, 0.3) is 5.97 Å². The topological polar surface area (TPSA) is 157 Å². The molecule has 2 aliphatic rings. The SMILES string of the molecule is CC(=O)O.COc1cc(-n2ncc3c(-c4cccc(-c5nc6cc(CNC7CCCCC7)cc(C#N)c6o5)c4C)cccc32)cc(OC)c1CNC1CCOCC1. The Bertz CT molecular complexity index is 2370. The summed E-state index contributed by atoms with van der Waals surface area (Å²) in [5, 5.41) is 30.7. The van der Waals surface area contributed by atoms with E-state index in [1.807, 2.05) is 47.3 Å². The van der Waals surface area contributed by atoms with Crippen molar-refractivity contribution in [2.24, 2.45) is 0 Å². The van der Waals surface area contributed by atoms with Crippen LogP contribution >= 0.6 is 0 Å². The number of carboxylic acid groups (broad SMARTS) is 1. The number of rotatable bonds is 11. The number of oxazole rings is 1. The highest BCUT2D eigenvalue weighted by atomic mass is 16.5. The average molecular weight is 771 g/mol. The zero-order valence-electron chi connectivity index (χ0n) is 33.1. The van der Waals surface area contributed by atoms with E-state index >= 15 is 0 Å². The van der Waals surface area contributed by atoms with E-state index in [9.17, 15) is 5.26 Å². The number of methoxy groups -OCH3 is 2. The predicted octanol–water partition coefficient (Wildman–Crippen LogP) is 8.48. The minimum absolute atomic E-state index is 0.400. The molecule has 8 rings (SSSR count). The van der Waals surface area contributed by atoms with Crippen LogP contribution in [0.15, 0.2) is 71.3 Å². The minimum atomic E-state index is -0.833. The fourth-order valence-electron chi connectivity index (χ4n) is 8.03. The fourth-order valence-corrected chi connectivity index (χ4v) is 8.03. The number of aromatic nitrogens is 3. The van der Waals surface area contributed by atoms with Gasteiger partial charge in [0.2, 0.25) is 5.89 Å². The number of hydrogen-bond donors (Lipinski definition) is 3. The Morgan fingerprint density at radius 1 is 0.912 bits per heavy atom. The zero-order valence-corrected chi connectivity index (χ0v) is 33.1. The smallest absolute Gasteiger partial charge is 0.300 e. The van der Waals surface area contributed by atoms with Crippen LogP contribution in [-0.2, 0) is 22.6 Å². The number of ether oxygens (including phenoxy) is 3. The summed E-state index contributed by atoms with van der Waals surface area (Å²) in [4.78, 5) is 13.9. The van der Waals surface area contributed by atoms with Crippen molar-refractivity contribution >= 4 is 28.0 Å². The molecular formula is C45H50N6O6. The number of nitriles is 1. The molecule has 4 aromatic carbocycles. The van der Waals surface area contributed by atoms with Crippen molar-refractivity contribution < 1.29 is 28.5 Å². The number of nitrogens with zero attached hydrogens (tertiary/aromatic N) is 4. The van der Waals surface area contributed by atoms with Crippen LogP contribution in [0.2, 0.25) is 0 Å². The van der Waals surface area contributed by atoms with Crippen molar-refractivity contribution in [1.29, 1.82) is 5.26 Å². The number of hydrogen-bond acceptors (Lipinski definition) is 10. The molecule has 1 saturated heterocycles. The van der Waals surface area contributed by atoms with Crippen molar-refractivity contribution in [1.82, 2.24) is 25.4 Å². The molecule has 3 N–H and O–H groups in total. The first-order chi connectivity index (χ1) is 27.8. The van der Waals surface area contributed by atoms with Crippen LogP contribution in [0.25, 0.3) is 50.3 Å². The lowest BCUT2D eigenvalue weighted by atomic mass is 9.94. The van der Waals surface area contributed by atoms with Gasteiger partial charge in [0.1, 0.15) is 23.1 Å². The van der Waals surface area contributed by atoms with Gasteiger partial charge < -0.3 is 34.4 Å². The van der Waals surface area contributed by atoms with Crippen molar-refractivity contribution in [2.75, 3.05) is 27.4 Å². The van der Waals surface area contributed by atoms with Crippen molar-refractivity contribution in [3.05, 3.63) is 89.1 Å². The highest BCUT2D eigenvalue weighted by Gasteiger charge is 2.22. The van der Waals surface area contributed by atoms with Gasteiger partial charge in [-0.3, -0.25) is 4.79 Å². The minimum Gasteiger partial charge on any atom is -0.496 e. The number of nitrogens with one attached hydrogen (secondary N) is 2. The Morgan fingerprint density at radius 3 is 2.26 bits per heavy atom. The second kappa shape index (κ2) is 18.0. The Morgan fingerprint density at radius 2 is 1.56 bits per heavy atom. The van der Waals surface area contributed by atoms with Crippen molar-refractivity contribution in [3.8, 4) is 45.8 Å². The molecule has 0 spiro atoms. The molecule has 2 aromatic heterocycles. The first-order valence-electron chi connectivity index (χ1n) is 19.7. The second-order valence-electron chi connectivity index (χ2n) is 14.7. The molecule has 0 bridgehead atoms. The maximum absolute atomic E-state index is 10.0. The third kappa shape index (κ3) is 8.81. The van der Waals surface area contributed by atoms with Gasteiger partial charge in [0.05, 0.1) is 42.7 Å². The lowest BCUT2D eigenvalue weighted by Crippen LogP contribution is -2.34. The van der Waals surface area contributed by atoms with E-state index in [1.165, 1.54) is 32.1 Å². The maximum atomic E-state index is 10.0. The largest absolute Gasteiger partial charge is 0.496 e. The second-order valence-corrected chi connectivity index (χ2v) is 14.7. The quantitative estimate of drug-likeness (QED) is 0.116. The Labute approximate surface area is 332 Å². The van der Waals surface area contributed by atoms with Crippen LogP contribution in [-0.4, -0.2) is 65.4 Å². The Balaban J connectivity index is 0.00000119. The molecule has 1 aliphatic heterocycles. The van der Waals surface area contributed by atoms with Crippen LogP contribution < -0.4 is 20.1 Å². The predicted molar refractivity (Wildman–Crippen MR) is 220 cm³/mol. The normalized spacial score (nSPS) is 14.9. The summed E-state index contributed by atoms with van der Waals surface area (Å²) >= 11 is 0. The summed E-state index contributed by atoms with van der Waals surface area (Å²) in [6, 6.07) is 23.7. The molecular weight excluding hydrogens is 721 g/mol. The van der Waals surface area contributed by atoms with Gasteiger partial charge in [-0.25, -0.2) is 9.67 Å². The van der Waals surface area contributed by atoms with Crippen molar-refractivity contribution in [2.45, 2.75) is 84.0 Å². The number of carbonyl (C=O) groups is 1. The molecule has 0 radical (unpaired) electrons. The van der Waals surface area contributed by atoms with Gasteiger partial charge in [-0.05, 0) is 79.1 Å². The molecule has 0 unspecified atom stereocenters. The summed E-state index contributed by atoms with van der Waals surface area (Å²) < 4.78 is 25.6. The molecule has 296 valence electrons. The molecule has 12 nitrogen and oxygen atoms in total. The fraction of sp³-hybridized carbons (Fsp3) is 0.378. The Hall–Kier alpha value is -5.74. The number of fused-ring (bicyclic) bond motifs is 2.